The predicted molar refractivity (Wildman–Crippen MR) is 83.1 cm³/mol. The first-order valence-electron chi connectivity index (χ1n) is 6.19. The lowest BCUT2D eigenvalue weighted by Gasteiger charge is -2.04. The second-order valence-electron chi connectivity index (χ2n) is 4.36. The van der Waals surface area contributed by atoms with Crippen LogP contribution in [0, 0.1) is 0 Å². The van der Waals surface area contributed by atoms with Gasteiger partial charge in [-0.2, -0.15) is 0 Å². The Morgan fingerprint density at radius 2 is 1.90 bits per heavy atom. The Hall–Kier alpha value is -2.33. The van der Waals surface area contributed by atoms with E-state index in [1.54, 1.807) is 0 Å². The number of hydrogen-bond acceptors (Lipinski definition) is 2. The standard InChI is InChI=1S/C15H13ClN4/c16-9-15(17)19-11-5-7-12(8-6-11)20-10-18-13-3-1-2-4-14(13)20/h1-8,10H,9H2,(H2,17,19). The minimum Gasteiger partial charge on any atom is -0.386 e. The maximum atomic E-state index is 5.61. The summed E-state index contributed by atoms with van der Waals surface area (Å²) < 4.78 is 2.04. The van der Waals surface area contributed by atoms with Gasteiger partial charge in [0.2, 0.25) is 0 Å². The molecule has 1 heterocycles. The highest BCUT2D eigenvalue weighted by molar-refractivity contribution is 6.28. The SMILES string of the molecule is NC(CCl)=Nc1ccc(-n2cnc3ccccc32)cc1. The molecule has 0 fully saturated rings. The number of aromatic nitrogens is 2. The highest BCUT2D eigenvalue weighted by atomic mass is 35.5. The lowest BCUT2D eigenvalue weighted by atomic mass is 10.2. The Balaban J connectivity index is 1.99. The average molecular weight is 285 g/mol. The summed E-state index contributed by atoms with van der Waals surface area (Å²) in [7, 11) is 0. The summed E-state index contributed by atoms with van der Waals surface area (Å²) in [6.07, 6.45) is 1.82. The van der Waals surface area contributed by atoms with Crippen molar-refractivity contribution in [1.29, 1.82) is 0 Å². The maximum absolute atomic E-state index is 5.61. The van der Waals surface area contributed by atoms with E-state index in [4.69, 9.17) is 17.3 Å². The molecule has 100 valence electrons. The van der Waals surface area contributed by atoms with Crippen molar-refractivity contribution in [2.24, 2.45) is 10.7 Å². The summed E-state index contributed by atoms with van der Waals surface area (Å²) in [5, 5.41) is 0. The van der Waals surface area contributed by atoms with E-state index in [2.05, 4.69) is 9.98 Å². The summed E-state index contributed by atoms with van der Waals surface area (Å²) in [6.45, 7) is 0. The van der Waals surface area contributed by atoms with Gasteiger partial charge in [-0.3, -0.25) is 4.57 Å². The van der Waals surface area contributed by atoms with Gasteiger partial charge in [-0.1, -0.05) is 12.1 Å². The van der Waals surface area contributed by atoms with Crippen molar-refractivity contribution in [3.63, 3.8) is 0 Å². The number of nitrogens with zero attached hydrogens (tertiary/aromatic N) is 3. The molecule has 0 saturated carbocycles. The maximum Gasteiger partial charge on any atom is 0.115 e. The molecule has 0 radical (unpaired) electrons. The van der Waals surface area contributed by atoms with E-state index in [9.17, 15) is 0 Å². The molecule has 3 rings (SSSR count). The van der Waals surface area contributed by atoms with Crippen LogP contribution >= 0.6 is 11.6 Å². The first-order chi connectivity index (χ1) is 9.78. The number of imidazole rings is 1. The summed E-state index contributed by atoms with van der Waals surface area (Å²) in [4.78, 5) is 8.58. The highest BCUT2D eigenvalue weighted by Crippen LogP contribution is 2.20. The van der Waals surface area contributed by atoms with Gasteiger partial charge in [0.05, 0.1) is 22.6 Å². The van der Waals surface area contributed by atoms with Gasteiger partial charge in [0.15, 0.2) is 0 Å². The number of rotatable bonds is 3. The quantitative estimate of drug-likeness (QED) is 0.456. The van der Waals surface area contributed by atoms with E-state index in [0.29, 0.717) is 5.84 Å². The van der Waals surface area contributed by atoms with Gasteiger partial charge < -0.3 is 5.73 Å². The zero-order valence-electron chi connectivity index (χ0n) is 10.7. The molecular formula is C15H13ClN4. The van der Waals surface area contributed by atoms with Crippen LogP contribution in [-0.4, -0.2) is 21.3 Å². The third-order valence-electron chi connectivity index (χ3n) is 2.99. The largest absolute Gasteiger partial charge is 0.386 e. The van der Waals surface area contributed by atoms with Gasteiger partial charge in [-0.05, 0) is 36.4 Å². The first kappa shape index (κ1) is 12.7. The molecule has 0 amide bonds. The van der Waals surface area contributed by atoms with Crippen LogP contribution in [0.25, 0.3) is 16.7 Å². The zero-order valence-corrected chi connectivity index (χ0v) is 11.5. The fourth-order valence-electron chi connectivity index (χ4n) is 2.05. The van der Waals surface area contributed by atoms with Crippen LogP contribution in [0.15, 0.2) is 59.9 Å². The Kier molecular flexibility index (Phi) is 3.39. The number of para-hydroxylation sites is 2. The van der Waals surface area contributed by atoms with Gasteiger partial charge in [0.25, 0.3) is 0 Å². The van der Waals surface area contributed by atoms with E-state index >= 15 is 0 Å². The molecule has 0 atom stereocenters. The first-order valence-corrected chi connectivity index (χ1v) is 6.73. The fraction of sp³-hybridized carbons (Fsp3) is 0.0667. The zero-order chi connectivity index (χ0) is 13.9. The molecule has 0 aliphatic carbocycles. The molecule has 3 aromatic rings. The monoisotopic (exact) mass is 284 g/mol. The van der Waals surface area contributed by atoms with Crippen molar-refractivity contribution in [3.05, 3.63) is 54.9 Å². The smallest absolute Gasteiger partial charge is 0.115 e. The summed E-state index contributed by atoms with van der Waals surface area (Å²) in [6, 6.07) is 15.8. The van der Waals surface area contributed by atoms with Crippen LogP contribution in [0.5, 0.6) is 0 Å². The van der Waals surface area contributed by atoms with E-state index in [0.717, 1.165) is 22.4 Å². The van der Waals surface area contributed by atoms with Gasteiger partial charge in [-0.25, -0.2) is 9.98 Å². The molecule has 0 aliphatic heterocycles. The summed E-state index contributed by atoms with van der Waals surface area (Å²) >= 11 is 5.61. The van der Waals surface area contributed by atoms with E-state index in [1.807, 2.05) is 59.4 Å². The number of hydrogen-bond donors (Lipinski definition) is 1. The normalized spacial score (nSPS) is 11.9. The second kappa shape index (κ2) is 5.35. The summed E-state index contributed by atoms with van der Waals surface area (Å²) in [5.41, 5.74) is 9.48. The highest BCUT2D eigenvalue weighted by Gasteiger charge is 2.03. The van der Waals surface area contributed by atoms with Crippen LogP contribution in [0.4, 0.5) is 5.69 Å². The van der Waals surface area contributed by atoms with E-state index in [1.165, 1.54) is 0 Å². The molecule has 5 heteroatoms. The minimum atomic E-state index is 0.230. The Morgan fingerprint density at radius 3 is 2.65 bits per heavy atom. The number of aliphatic imine (C=N–C) groups is 1. The van der Waals surface area contributed by atoms with Crippen molar-refractivity contribution >= 4 is 34.2 Å². The fourth-order valence-corrected chi connectivity index (χ4v) is 2.11. The number of nitrogens with two attached hydrogens (primary N) is 1. The van der Waals surface area contributed by atoms with Crippen LogP contribution in [0.2, 0.25) is 0 Å². The molecule has 0 bridgehead atoms. The number of alkyl halides is 1. The lowest BCUT2D eigenvalue weighted by Crippen LogP contribution is -2.12. The van der Waals surface area contributed by atoms with E-state index < -0.39 is 0 Å². The molecule has 0 aliphatic rings. The van der Waals surface area contributed by atoms with Gasteiger partial charge in [-0.15, -0.1) is 11.6 Å². The number of amidine groups is 1. The molecule has 0 unspecified atom stereocenters. The van der Waals surface area contributed by atoms with Crippen LogP contribution < -0.4 is 5.73 Å². The molecule has 4 nitrogen and oxygen atoms in total. The van der Waals surface area contributed by atoms with Crippen molar-refractivity contribution < 1.29 is 0 Å². The number of halogens is 1. The predicted octanol–water partition coefficient (Wildman–Crippen LogP) is 3.25. The molecule has 2 aromatic carbocycles. The number of benzene rings is 2. The third-order valence-corrected chi connectivity index (χ3v) is 3.26. The second-order valence-corrected chi connectivity index (χ2v) is 4.62. The Morgan fingerprint density at radius 1 is 1.15 bits per heavy atom. The Bertz CT molecular complexity index is 759. The molecule has 2 N–H and O–H groups in total. The topological polar surface area (TPSA) is 56.2 Å². The van der Waals surface area contributed by atoms with Crippen molar-refractivity contribution in [1.82, 2.24) is 9.55 Å². The van der Waals surface area contributed by atoms with Gasteiger partial charge >= 0.3 is 0 Å². The third kappa shape index (κ3) is 2.38. The molecule has 20 heavy (non-hydrogen) atoms. The van der Waals surface area contributed by atoms with Crippen LogP contribution in [0.3, 0.4) is 0 Å². The summed E-state index contributed by atoms with van der Waals surface area (Å²) in [5.74, 6) is 0.640. The molecular weight excluding hydrogens is 272 g/mol. The molecule has 0 spiro atoms. The lowest BCUT2D eigenvalue weighted by molar-refractivity contribution is 1.09. The van der Waals surface area contributed by atoms with Gasteiger partial charge in [0.1, 0.15) is 12.2 Å². The molecule has 0 saturated heterocycles. The van der Waals surface area contributed by atoms with Crippen molar-refractivity contribution in [2.75, 3.05) is 5.88 Å². The van der Waals surface area contributed by atoms with Crippen molar-refractivity contribution in [2.45, 2.75) is 0 Å². The minimum absolute atomic E-state index is 0.230. The van der Waals surface area contributed by atoms with Crippen LogP contribution in [-0.2, 0) is 0 Å². The van der Waals surface area contributed by atoms with Crippen LogP contribution in [0.1, 0.15) is 0 Å². The Labute approximate surface area is 121 Å². The number of fused-ring (bicyclic) bond motifs is 1. The van der Waals surface area contributed by atoms with E-state index in [-0.39, 0.29) is 5.88 Å². The average Bonchev–Trinajstić information content (AvgIpc) is 2.92. The molecule has 1 aromatic heterocycles. The van der Waals surface area contributed by atoms with Crippen molar-refractivity contribution in [3.8, 4) is 5.69 Å². The van der Waals surface area contributed by atoms with Gasteiger partial charge in [0, 0.05) is 5.69 Å².